The number of rotatable bonds is 11. The van der Waals surface area contributed by atoms with Crippen LogP contribution in [0, 0.1) is 0 Å². The van der Waals surface area contributed by atoms with Crippen molar-refractivity contribution >= 4 is 29.6 Å². The summed E-state index contributed by atoms with van der Waals surface area (Å²) < 4.78 is 16.3. The zero-order valence-electron chi connectivity index (χ0n) is 18.1. The van der Waals surface area contributed by atoms with Crippen molar-refractivity contribution in [2.75, 3.05) is 25.1 Å². The zero-order valence-corrected chi connectivity index (χ0v) is 18.9. The molecule has 0 aliphatic heterocycles. The molecule has 1 aromatic carbocycles. The van der Waals surface area contributed by atoms with E-state index in [1.54, 1.807) is 20.8 Å². The van der Waals surface area contributed by atoms with Gasteiger partial charge in [0.25, 0.3) is 0 Å². The van der Waals surface area contributed by atoms with E-state index in [-0.39, 0.29) is 43.2 Å². The molecule has 0 aliphatic carbocycles. The van der Waals surface area contributed by atoms with Gasteiger partial charge < -0.3 is 30.0 Å². The molecule has 10 nitrogen and oxygen atoms in total. The summed E-state index contributed by atoms with van der Waals surface area (Å²) in [7, 11) is 0. The molecule has 0 aliphatic rings. The number of aromatic nitrogens is 2. The van der Waals surface area contributed by atoms with Crippen LogP contribution < -0.4 is 20.1 Å². The molecule has 0 bridgehead atoms. The Bertz CT molecular complexity index is 892. The van der Waals surface area contributed by atoms with E-state index in [1.807, 2.05) is 30.3 Å². The van der Waals surface area contributed by atoms with Crippen LogP contribution in [-0.4, -0.2) is 58.5 Å². The number of ether oxygens (including phenoxy) is 3. The summed E-state index contributed by atoms with van der Waals surface area (Å²) >= 11 is 6.04. The van der Waals surface area contributed by atoms with Crippen molar-refractivity contribution < 1.29 is 28.9 Å². The van der Waals surface area contributed by atoms with Crippen LogP contribution in [0.1, 0.15) is 27.2 Å². The van der Waals surface area contributed by atoms with E-state index in [2.05, 4.69) is 20.6 Å². The van der Waals surface area contributed by atoms with Crippen LogP contribution >= 0.6 is 11.6 Å². The molecule has 1 atom stereocenters. The van der Waals surface area contributed by atoms with Gasteiger partial charge in [-0.2, -0.15) is 4.98 Å². The number of carbonyl (C=O) groups excluding carboxylic acids is 1. The van der Waals surface area contributed by atoms with Gasteiger partial charge in [-0.15, -0.1) is 0 Å². The highest BCUT2D eigenvalue weighted by molar-refractivity contribution is 6.29. The second-order valence-electron chi connectivity index (χ2n) is 7.68. The van der Waals surface area contributed by atoms with Crippen molar-refractivity contribution in [2.24, 2.45) is 0 Å². The van der Waals surface area contributed by atoms with Gasteiger partial charge in [0.1, 0.15) is 29.7 Å². The van der Waals surface area contributed by atoms with Gasteiger partial charge in [0, 0.05) is 12.6 Å². The predicted octanol–water partition coefficient (Wildman–Crippen LogP) is 3.37. The van der Waals surface area contributed by atoms with Crippen LogP contribution in [0.4, 0.5) is 10.7 Å². The van der Waals surface area contributed by atoms with Gasteiger partial charge in [-0.25, -0.2) is 9.78 Å². The highest BCUT2D eigenvalue weighted by atomic mass is 35.5. The molecule has 174 valence electrons. The quantitative estimate of drug-likeness (QED) is 0.336. The third-order valence-corrected chi connectivity index (χ3v) is 3.86. The Kier molecular flexibility index (Phi) is 9.33. The average Bonchev–Trinajstić information content (AvgIpc) is 2.68. The lowest BCUT2D eigenvalue weighted by atomic mass is 10.2. The molecule has 2 aromatic rings. The number of nitrogens with one attached hydrogen (secondary N) is 2. The van der Waals surface area contributed by atoms with Crippen LogP contribution in [0.2, 0.25) is 5.15 Å². The van der Waals surface area contributed by atoms with E-state index in [0.717, 1.165) is 0 Å². The molecule has 0 saturated carbocycles. The van der Waals surface area contributed by atoms with Crippen molar-refractivity contribution in [1.29, 1.82) is 0 Å². The number of benzene rings is 1. The standard InChI is InChI=1S/C21H27ClN4O6/c1-21(2,3)32-20(29)23-13-14(11-18(27)28)24-19-25-16(22)12-17(26-19)31-10-9-30-15-7-5-4-6-8-15/h4-8,12,14H,9-11,13H2,1-3H3,(H,23,29)(H,27,28)(H,24,25,26). The first-order chi connectivity index (χ1) is 15.1. The van der Waals surface area contributed by atoms with Gasteiger partial charge in [0.15, 0.2) is 0 Å². The summed E-state index contributed by atoms with van der Waals surface area (Å²) in [4.78, 5) is 31.3. The minimum absolute atomic E-state index is 0.0296. The third-order valence-electron chi connectivity index (χ3n) is 3.66. The molecule has 1 aromatic heterocycles. The first kappa shape index (κ1) is 25.0. The third kappa shape index (κ3) is 10.2. The van der Waals surface area contributed by atoms with E-state index in [0.29, 0.717) is 5.75 Å². The van der Waals surface area contributed by atoms with E-state index < -0.39 is 23.7 Å². The Labute approximate surface area is 191 Å². The highest BCUT2D eigenvalue weighted by Gasteiger charge is 2.20. The monoisotopic (exact) mass is 466 g/mol. The molecule has 0 fully saturated rings. The van der Waals surface area contributed by atoms with Crippen LogP contribution in [0.5, 0.6) is 11.6 Å². The normalized spacial score (nSPS) is 11.9. The maximum absolute atomic E-state index is 11.9. The van der Waals surface area contributed by atoms with Crippen LogP contribution in [0.3, 0.4) is 0 Å². The summed E-state index contributed by atoms with van der Waals surface area (Å²) in [5, 5.41) is 14.7. The Morgan fingerprint density at radius 3 is 2.47 bits per heavy atom. The number of carboxylic acids is 1. The summed E-state index contributed by atoms with van der Waals surface area (Å²) in [5.41, 5.74) is -0.674. The summed E-state index contributed by atoms with van der Waals surface area (Å²) in [6.45, 7) is 5.65. The Morgan fingerprint density at radius 2 is 1.81 bits per heavy atom. The molecular formula is C21H27ClN4O6. The fourth-order valence-electron chi connectivity index (χ4n) is 2.45. The lowest BCUT2D eigenvalue weighted by Gasteiger charge is -2.22. The van der Waals surface area contributed by atoms with Crippen molar-refractivity contribution in [3.8, 4) is 11.6 Å². The molecule has 1 amide bonds. The predicted molar refractivity (Wildman–Crippen MR) is 118 cm³/mol. The fourth-order valence-corrected chi connectivity index (χ4v) is 2.62. The lowest BCUT2D eigenvalue weighted by molar-refractivity contribution is -0.137. The van der Waals surface area contributed by atoms with Crippen LogP contribution in [-0.2, 0) is 9.53 Å². The van der Waals surface area contributed by atoms with Crippen LogP contribution in [0.25, 0.3) is 0 Å². The molecule has 2 rings (SSSR count). The number of amides is 1. The van der Waals surface area contributed by atoms with Gasteiger partial charge in [0.05, 0.1) is 12.5 Å². The molecule has 1 heterocycles. The van der Waals surface area contributed by atoms with E-state index in [9.17, 15) is 14.7 Å². The maximum Gasteiger partial charge on any atom is 0.407 e. The van der Waals surface area contributed by atoms with Gasteiger partial charge in [-0.3, -0.25) is 4.79 Å². The Balaban J connectivity index is 1.93. The van der Waals surface area contributed by atoms with Gasteiger partial charge in [-0.05, 0) is 32.9 Å². The number of aliphatic carboxylic acids is 1. The van der Waals surface area contributed by atoms with Crippen molar-refractivity contribution in [3.63, 3.8) is 0 Å². The minimum atomic E-state index is -1.06. The Hall–Kier alpha value is -3.27. The molecule has 0 saturated heterocycles. The summed E-state index contributed by atoms with van der Waals surface area (Å²) in [6.07, 6.45) is -0.962. The van der Waals surface area contributed by atoms with Crippen molar-refractivity contribution in [3.05, 3.63) is 41.6 Å². The number of para-hydroxylation sites is 1. The number of hydrogen-bond donors (Lipinski definition) is 3. The van der Waals surface area contributed by atoms with Crippen molar-refractivity contribution in [1.82, 2.24) is 15.3 Å². The SMILES string of the molecule is CC(C)(C)OC(=O)NCC(CC(=O)O)Nc1nc(Cl)cc(OCCOc2ccccc2)n1. The van der Waals surface area contributed by atoms with E-state index >= 15 is 0 Å². The van der Waals surface area contributed by atoms with Crippen molar-refractivity contribution in [2.45, 2.75) is 38.8 Å². The number of anilines is 1. The number of carboxylic acid groups (broad SMARTS) is 1. The van der Waals surface area contributed by atoms with Gasteiger partial charge in [0.2, 0.25) is 11.8 Å². The largest absolute Gasteiger partial charge is 0.490 e. The molecule has 0 spiro atoms. The fraction of sp³-hybridized carbons (Fsp3) is 0.429. The highest BCUT2D eigenvalue weighted by Crippen LogP contribution is 2.17. The average molecular weight is 467 g/mol. The zero-order chi connectivity index (χ0) is 23.6. The number of hydrogen-bond acceptors (Lipinski definition) is 8. The molecule has 3 N–H and O–H groups in total. The molecule has 1 unspecified atom stereocenters. The number of alkyl carbamates (subject to hydrolysis) is 1. The van der Waals surface area contributed by atoms with E-state index in [1.165, 1.54) is 6.07 Å². The first-order valence-electron chi connectivity index (χ1n) is 9.91. The van der Waals surface area contributed by atoms with Gasteiger partial charge in [-0.1, -0.05) is 29.8 Å². The number of halogens is 1. The summed E-state index contributed by atoms with van der Waals surface area (Å²) in [5.74, 6) is -0.0923. The number of carbonyl (C=O) groups is 2. The number of nitrogens with zero attached hydrogens (tertiary/aromatic N) is 2. The van der Waals surface area contributed by atoms with Gasteiger partial charge >= 0.3 is 12.1 Å². The Morgan fingerprint density at radius 1 is 1.12 bits per heavy atom. The first-order valence-corrected chi connectivity index (χ1v) is 10.3. The second-order valence-corrected chi connectivity index (χ2v) is 8.07. The molecule has 11 heteroatoms. The molecule has 32 heavy (non-hydrogen) atoms. The molecule has 0 radical (unpaired) electrons. The molecular weight excluding hydrogens is 440 g/mol. The minimum Gasteiger partial charge on any atom is -0.490 e. The topological polar surface area (TPSA) is 132 Å². The second kappa shape index (κ2) is 11.9. The van der Waals surface area contributed by atoms with E-state index in [4.69, 9.17) is 25.8 Å². The van der Waals surface area contributed by atoms with Crippen LogP contribution in [0.15, 0.2) is 36.4 Å². The summed E-state index contributed by atoms with van der Waals surface area (Å²) in [6, 6.07) is 10.00. The smallest absolute Gasteiger partial charge is 0.407 e. The maximum atomic E-state index is 11.9. The lowest BCUT2D eigenvalue weighted by Crippen LogP contribution is -2.40.